The largest absolute Gasteiger partial charge is 0.371 e. The summed E-state index contributed by atoms with van der Waals surface area (Å²) in [5, 5.41) is 3.04. The van der Waals surface area contributed by atoms with Gasteiger partial charge in [0.1, 0.15) is 6.04 Å². The van der Waals surface area contributed by atoms with Crippen LogP contribution in [0.25, 0.3) is 0 Å². The maximum Gasteiger partial charge on any atom is 0.247 e. The third kappa shape index (κ3) is 2.76. The number of fused-ring (bicyclic) bond motifs is 1. The molecular weight excluding hydrogens is 302 g/mol. The number of amides is 2. The Morgan fingerprint density at radius 1 is 1.21 bits per heavy atom. The number of likely N-dealkylation sites (tertiary alicyclic amines) is 1. The van der Waals surface area contributed by atoms with E-state index in [1.165, 1.54) is 11.3 Å². The Bertz CT molecular complexity index is 669. The molecule has 24 heavy (non-hydrogen) atoms. The normalized spacial score (nSPS) is 22.6. The molecule has 5 heteroatoms. The van der Waals surface area contributed by atoms with Gasteiger partial charge in [-0.2, -0.15) is 0 Å². The summed E-state index contributed by atoms with van der Waals surface area (Å²) >= 11 is 0. The Hall–Kier alpha value is -2.04. The molecule has 0 unspecified atom stereocenters. The Kier molecular flexibility index (Phi) is 3.94. The first-order chi connectivity index (χ1) is 11.7. The van der Waals surface area contributed by atoms with Gasteiger partial charge in [0, 0.05) is 36.9 Å². The molecule has 128 valence electrons. The van der Waals surface area contributed by atoms with Crippen molar-refractivity contribution in [3.8, 4) is 0 Å². The number of benzene rings is 1. The fourth-order valence-electron chi connectivity index (χ4n) is 3.95. The molecule has 1 saturated heterocycles. The molecule has 0 radical (unpaired) electrons. The fourth-order valence-corrected chi connectivity index (χ4v) is 3.95. The number of carbonyl (C=O) groups excluding carboxylic acids is 2. The van der Waals surface area contributed by atoms with Crippen LogP contribution in [0, 0.1) is 5.92 Å². The van der Waals surface area contributed by atoms with Gasteiger partial charge < -0.3 is 15.1 Å². The molecule has 1 atom stereocenters. The first-order valence-electron chi connectivity index (χ1n) is 9.16. The summed E-state index contributed by atoms with van der Waals surface area (Å²) in [4.78, 5) is 29.2. The van der Waals surface area contributed by atoms with Crippen LogP contribution < -0.4 is 10.2 Å². The molecule has 2 fully saturated rings. The van der Waals surface area contributed by atoms with Crippen LogP contribution >= 0.6 is 0 Å². The van der Waals surface area contributed by atoms with Crippen molar-refractivity contribution in [1.29, 1.82) is 0 Å². The van der Waals surface area contributed by atoms with Gasteiger partial charge in [-0.3, -0.25) is 9.59 Å². The Labute approximate surface area is 143 Å². The van der Waals surface area contributed by atoms with Crippen LogP contribution in [-0.4, -0.2) is 42.4 Å². The second-order valence-corrected chi connectivity index (χ2v) is 7.13. The van der Waals surface area contributed by atoms with E-state index in [-0.39, 0.29) is 23.8 Å². The Morgan fingerprint density at radius 3 is 2.79 bits per heavy atom. The third-order valence-corrected chi connectivity index (χ3v) is 5.49. The highest BCUT2D eigenvalue weighted by Gasteiger charge is 2.40. The lowest BCUT2D eigenvalue weighted by Gasteiger charge is -2.24. The summed E-state index contributed by atoms with van der Waals surface area (Å²) in [5.74, 6) is 0.317. The molecule has 3 aliphatic rings. The van der Waals surface area contributed by atoms with Crippen LogP contribution in [0.3, 0.4) is 0 Å². The van der Waals surface area contributed by atoms with Crippen LogP contribution in [0.5, 0.6) is 0 Å². The van der Waals surface area contributed by atoms with Crippen molar-refractivity contribution in [2.24, 2.45) is 5.92 Å². The molecule has 1 N–H and O–H groups in total. The van der Waals surface area contributed by atoms with Gasteiger partial charge in [-0.05, 0) is 56.7 Å². The van der Waals surface area contributed by atoms with E-state index in [9.17, 15) is 9.59 Å². The molecule has 2 aliphatic heterocycles. The number of anilines is 2. The van der Waals surface area contributed by atoms with Crippen LogP contribution in [0.2, 0.25) is 0 Å². The molecule has 2 heterocycles. The zero-order chi connectivity index (χ0) is 16.7. The van der Waals surface area contributed by atoms with Crippen molar-refractivity contribution < 1.29 is 9.59 Å². The topological polar surface area (TPSA) is 52.7 Å². The molecule has 1 aromatic carbocycles. The minimum absolute atomic E-state index is 0.0394. The van der Waals surface area contributed by atoms with Gasteiger partial charge >= 0.3 is 0 Å². The summed E-state index contributed by atoms with van der Waals surface area (Å²) in [6.07, 6.45) is 4.74. The first-order valence-corrected chi connectivity index (χ1v) is 9.16. The number of carbonyl (C=O) groups is 2. The van der Waals surface area contributed by atoms with E-state index in [2.05, 4.69) is 29.3 Å². The molecule has 2 amide bonds. The molecule has 1 aliphatic carbocycles. The second-order valence-electron chi connectivity index (χ2n) is 7.13. The molecule has 0 aromatic heterocycles. The van der Waals surface area contributed by atoms with Crippen LogP contribution in [0.4, 0.5) is 11.4 Å². The van der Waals surface area contributed by atoms with Gasteiger partial charge in [-0.15, -0.1) is 0 Å². The van der Waals surface area contributed by atoms with Crippen molar-refractivity contribution in [1.82, 2.24) is 4.90 Å². The SMILES string of the molecule is CCN1CCc2ccc(NC(=O)[C@H]3CCCN3C(=O)C3CC3)cc21. The minimum Gasteiger partial charge on any atom is -0.371 e. The zero-order valence-electron chi connectivity index (χ0n) is 14.3. The quantitative estimate of drug-likeness (QED) is 0.924. The lowest BCUT2D eigenvalue weighted by molar-refractivity contribution is -0.137. The smallest absolute Gasteiger partial charge is 0.247 e. The lowest BCUT2D eigenvalue weighted by Crippen LogP contribution is -2.43. The zero-order valence-corrected chi connectivity index (χ0v) is 14.3. The Morgan fingerprint density at radius 2 is 2.04 bits per heavy atom. The van der Waals surface area contributed by atoms with E-state index < -0.39 is 0 Å². The molecule has 1 aromatic rings. The number of hydrogen-bond donors (Lipinski definition) is 1. The maximum atomic E-state index is 12.7. The maximum absolute atomic E-state index is 12.7. The average molecular weight is 327 g/mol. The van der Waals surface area contributed by atoms with Gasteiger partial charge in [0.2, 0.25) is 11.8 Å². The predicted octanol–water partition coefficient (Wildman–Crippen LogP) is 2.41. The summed E-state index contributed by atoms with van der Waals surface area (Å²) in [7, 11) is 0. The van der Waals surface area contributed by atoms with Gasteiger partial charge in [0.25, 0.3) is 0 Å². The van der Waals surface area contributed by atoms with Crippen molar-refractivity contribution in [3.05, 3.63) is 23.8 Å². The standard InChI is InChI=1S/C19H25N3O2/c1-2-21-11-9-13-7-8-15(12-17(13)21)20-18(23)16-4-3-10-22(16)19(24)14-5-6-14/h7-8,12,14,16H,2-6,9-11H2,1H3,(H,20,23)/t16-/m1/s1. The molecule has 5 nitrogen and oxygen atoms in total. The number of nitrogens with zero attached hydrogens (tertiary/aromatic N) is 2. The number of hydrogen-bond acceptors (Lipinski definition) is 3. The molecule has 0 bridgehead atoms. The highest BCUT2D eigenvalue weighted by atomic mass is 16.2. The van der Waals surface area contributed by atoms with E-state index in [0.29, 0.717) is 0 Å². The summed E-state index contributed by atoms with van der Waals surface area (Å²) < 4.78 is 0. The number of rotatable bonds is 4. The van der Waals surface area contributed by atoms with Gasteiger partial charge in [0.05, 0.1) is 0 Å². The van der Waals surface area contributed by atoms with Crippen molar-refractivity contribution in [2.45, 2.75) is 45.1 Å². The van der Waals surface area contributed by atoms with Gasteiger partial charge in [-0.25, -0.2) is 0 Å². The molecule has 0 spiro atoms. The molecule has 1 saturated carbocycles. The van der Waals surface area contributed by atoms with E-state index in [0.717, 1.165) is 57.4 Å². The second kappa shape index (κ2) is 6.11. The van der Waals surface area contributed by atoms with E-state index >= 15 is 0 Å². The molecular formula is C19H25N3O2. The Balaban J connectivity index is 1.47. The van der Waals surface area contributed by atoms with Crippen molar-refractivity contribution in [3.63, 3.8) is 0 Å². The summed E-state index contributed by atoms with van der Waals surface area (Å²) in [6.45, 7) is 4.91. The van der Waals surface area contributed by atoms with Crippen LogP contribution in [0.1, 0.15) is 38.2 Å². The van der Waals surface area contributed by atoms with Gasteiger partial charge in [0.15, 0.2) is 0 Å². The summed E-state index contributed by atoms with van der Waals surface area (Å²) in [6, 6.07) is 5.88. The van der Waals surface area contributed by atoms with E-state index in [1.54, 1.807) is 4.90 Å². The number of nitrogens with one attached hydrogen (secondary N) is 1. The molecule has 4 rings (SSSR count). The minimum atomic E-state index is -0.298. The third-order valence-electron chi connectivity index (χ3n) is 5.49. The van der Waals surface area contributed by atoms with Crippen LogP contribution in [0.15, 0.2) is 18.2 Å². The first kappa shape index (κ1) is 15.5. The predicted molar refractivity (Wildman–Crippen MR) is 94.1 cm³/mol. The van der Waals surface area contributed by atoms with E-state index in [4.69, 9.17) is 0 Å². The highest BCUT2D eigenvalue weighted by Crippen LogP contribution is 2.34. The fraction of sp³-hybridized carbons (Fsp3) is 0.579. The lowest BCUT2D eigenvalue weighted by atomic mass is 10.1. The van der Waals surface area contributed by atoms with Gasteiger partial charge in [-0.1, -0.05) is 6.07 Å². The van der Waals surface area contributed by atoms with Crippen molar-refractivity contribution >= 4 is 23.2 Å². The van der Waals surface area contributed by atoms with E-state index in [1.807, 2.05) is 6.07 Å². The summed E-state index contributed by atoms with van der Waals surface area (Å²) in [5.41, 5.74) is 3.42. The average Bonchev–Trinajstić information content (AvgIpc) is 3.18. The highest BCUT2D eigenvalue weighted by molar-refractivity contribution is 5.98. The monoisotopic (exact) mass is 327 g/mol. The van der Waals surface area contributed by atoms with Crippen molar-refractivity contribution in [2.75, 3.05) is 29.9 Å². The number of likely N-dealkylation sites (N-methyl/N-ethyl adjacent to an activating group) is 1. The van der Waals surface area contributed by atoms with Crippen LogP contribution in [-0.2, 0) is 16.0 Å².